The van der Waals surface area contributed by atoms with E-state index in [4.69, 9.17) is 4.98 Å². The Morgan fingerprint density at radius 3 is 2.63 bits per heavy atom. The van der Waals surface area contributed by atoms with Gasteiger partial charge in [-0.25, -0.2) is 4.98 Å². The van der Waals surface area contributed by atoms with E-state index in [9.17, 15) is 4.79 Å². The summed E-state index contributed by atoms with van der Waals surface area (Å²) in [5.41, 5.74) is 2.15. The SMILES string of the molecule is CN(C)C(=O)[C@@H](c1ccccc1)N1CCC[C@H](c2nc3ccccc3s2)C1. The molecule has 3 aromatic rings. The highest BCUT2D eigenvalue weighted by atomic mass is 32.1. The molecule has 4 rings (SSSR count). The van der Waals surface area contributed by atoms with E-state index in [1.807, 2.05) is 38.4 Å². The number of nitrogens with zero attached hydrogens (tertiary/aromatic N) is 3. The number of likely N-dealkylation sites (N-methyl/N-ethyl adjacent to an activating group) is 1. The Labute approximate surface area is 164 Å². The molecule has 1 aliphatic heterocycles. The van der Waals surface area contributed by atoms with E-state index in [1.165, 1.54) is 9.71 Å². The number of carbonyl (C=O) groups is 1. The van der Waals surface area contributed by atoms with Crippen LogP contribution in [-0.2, 0) is 4.79 Å². The van der Waals surface area contributed by atoms with Crippen LogP contribution in [0, 0.1) is 0 Å². The first kappa shape index (κ1) is 18.1. The van der Waals surface area contributed by atoms with Crippen LogP contribution in [0.3, 0.4) is 0 Å². The molecule has 5 heteroatoms. The predicted octanol–water partition coefficient (Wildman–Crippen LogP) is 4.31. The van der Waals surface area contributed by atoms with Crippen LogP contribution in [0.25, 0.3) is 10.2 Å². The van der Waals surface area contributed by atoms with Gasteiger partial charge in [0.1, 0.15) is 6.04 Å². The second-order valence-corrected chi connectivity index (χ2v) is 8.46. The van der Waals surface area contributed by atoms with E-state index < -0.39 is 0 Å². The van der Waals surface area contributed by atoms with Gasteiger partial charge in [0.25, 0.3) is 0 Å². The fraction of sp³-hybridized carbons (Fsp3) is 0.364. The van der Waals surface area contributed by atoms with Gasteiger partial charge in [-0.3, -0.25) is 9.69 Å². The molecule has 1 amide bonds. The smallest absolute Gasteiger partial charge is 0.244 e. The Morgan fingerprint density at radius 2 is 1.89 bits per heavy atom. The molecule has 0 unspecified atom stereocenters. The van der Waals surface area contributed by atoms with Gasteiger partial charge < -0.3 is 4.90 Å². The van der Waals surface area contributed by atoms with Crippen LogP contribution in [0.1, 0.15) is 35.4 Å². The Morgan fingerprint density at radius 1 is 1.15 bits per heavy atom. The first-order valence-corrected chi connectivity index (χ1v) is 10.3. The van der Waals surface area contributed by atoms with Crippen molar-refractivity contribution in [2.75, 3.05) is 27.2 Å². The molecule has 1 aliphatic rings. The minimum absolute atomic E-state index is 0.145. The molecule has 140 valence electrons. The third-order valence-electron chi connectivity index (χ3n) is 5.27. The normalized spacial score (nSPS) is 19.1. The van der Waals surface area contributed by atoms with Gasteiger partial charge in [0, 0.05) is 26.6 Å². The third-order valence-corrected chi connectivity index (χ3v) is 6.47. The minimum atomic E-state index is -0.224. The summed E-state index contributed by atoms with van der Waals surface area (Å²) in [5.74, 6) is 0.531. The predicted molar refractivity (Wildman–Crippen MR) is 111 cm³/mol. The van der Waals surface area contributed by atoms with E-state index in [2.05, 4.69) is 35.2 Å². The lowest BCUT2D eigenvalue weighted by Crippen LogP contribution is -2.44. The van der Waals surface area contributed by atoms with Crippen molar-refractivity contribution >= 4 is 27.5 Å². The van der Waals surface area contributed by atoms with Gasteiger partial charge in [-0.1, -0.05) is 42.5 Å². The maximum absolute atomic E-state index is 13.0. The highest BCUT2D eigenvalue weighted by Gasteiger charge is 2.33. The lowest BCUT2D eigenvalue weighted by Gasteiger charge is -2.38. The van der Waals surface area contributed by atoms with Crippen LogP contribution in [0.5, 0.6) is 0 Å². The summed E-state index contributed by atoms with van der Waals surface area (Å²) in [6.07, 6.45) is 2.22. The number of para-hydroxylation sites is 1. The first-order chi connectivity index (χ1) is 13.1. The zero-order valence-corrected chi connectivity index (χ0v) is 16.7. The number of piperidine rings is 1. The number of fused-ring (bicyclic) bond motifs is 1. The standard InChI is InChI=1S/C22H25N3OS/c1-24(2)22(26)20(16-9-4-3-5-10-16)25-14-8-11-17(15-25)21-23-18-12-6-7-13-19(18)27-21/h3-7,9-10,12-13,17,20H,8,11,14-15H2,1-2H3/t17-,20+/m0/s1. The van der Waals surface area contributed by atoms with Crippen LogP contribution in [-0.4, -0.2) is 47.9 Å². The van der Waals surface area contributed by atoms with E-state index in [0.29, 0.717) is 5.92 Å². The summed E-state index contributed by atoms with van der Waals surface area (Å²) >= 11 is 1.79. The Bertz CT molecular complexity index is 888. The maximum atomic E-state index is 13.0. The van der Waals surface area contributed by atoms with Crippen LogP contribution in [0.15, 0.2) is 54.6 Å². The second kappa shape index (κ2) is 7.79. The number of hydrogen-bond acceptors (Lipinski definition) is 4. The number of benzene rings is 2. The third kappa shape index (κ3) is 3.75. The van der Waals surface area contributed by atoms with E-state index in [0.717, 1.165) is 37.0 Å². The summed E-state index contributed by atoms with van der Waals surface area (Å²) < 4.78 is 1.24. The molecule has 1 fully saturated rings. The Hall–Kier alpha value is -2.24. The summed E-state index contributed by atoms with van der Waals surface area (Å²) in [7, 11) is 3.68. The molecular weight excluding hydrogens is 354 g/mol. The molecule has 0 bridgehead atoms. The lowest BCUT2D eigenvalue weighted by atomic mass is 9.94. The molecule has 0 spiro atoms. The first-order valence-electron chi connectivity index (χ1n) is 9.49. The van der Waals surface area contributed by atoms with Crippen LogP contribution in [0.4, 0.5) is 0 Å². The molecule has 2 aromatic carbocycles. The van der Waals surface area contributed by atoms with Gasteiger partial charge in [0.15, 0.2) is 0 Å². The van der Waals surface area contributed by atoms with Gasteiger partial charge >= 0.3 is 0 Å². The number of hydrogen-bond donors (Lipinski definition) is 0. The monoisotopic (exact) mass is 379 g/mol. The van der Waals surface area contributed by atoms with Crippen molar-refractivity contribution < 1.29 is 4.79 Å². The summed E-state index contributed by atoms with van der Waals surface area (Å²) in [6, 6.07) is 18.3. The largest absolute Gasteiger partial charge is 0.347 e. The summed E-state index contributed by atoms with van der Waals surface area (Å²) in [4.78, 5) is 21.9. The van der Waals surface area contributed by atoms with E-state index in [1.54, 1.807) is 16.2 Å². The molecule has 0 N–H and O–H groups in total. The van der Waals surface area contributed by atoms with Gasteiger partial charge in [0.2, 0.25) is 5.91 Å². The highest BCUT2D eigenvalue weighted by molar-refractivity contribution is 7.18. The number of likely N-dealkylation sites (tertiary alicyclic amines) is 1. The van der Waals surface area contributed by atoms with E-state index >= 15 is 0 Å². The molecule has 1 aromatic heterocycles. The molecule has 2 atom stereocenters. The molecule has 1 saturated heterocycles. The number of amides is 1. The average Bonchev–Trinajstić information content (AvgIpc) is 3.13. The van der Waals surface area contributed by atoms with Crippen LogP contribution < -0.4 is 0 Å². The van der Waals surface area contributed by atoms with Crippen molar-refractivity contribution in [3.05, 3.63) is 65.2 Å². The van der Waals surface area contributed by atoms with Crippen molar-refractivity contribution in [2.45, 2.75) is 24.8 Å². The molecule has 0 aliphatic carbocycles. The fourth-order valence-corrected chi connectivity index (χ4v) is 4.99. The molecule has 2 heterocycles. The Balaban J connectivity index is 1.62. The molecule has 4 nitrogen and oxygen atoms in total. The van der Waals surface area contributed by atoms with Gasteiger partial charge in [-0.15, -0.1) is 11.3 Å². The van der Waals surface area contributed by atoms with Crippen molar-refractivity contribution in [3.63, 3.8) is 0 Å². The number of thiazole rings is 1. The van der Waals surface area contributed by atoms with Gasteiger partial charge in [0.05, 0.1) is 15.2 Å². The van der Waals surface area contributed by atoms with Crippen LogP contribution >= 0.6 is 11.3 Å². The minimum Gasteiger partial charge on any atom is -0.347 e. The zero-order chi connectivity index (χ0) is 18.8. The van der Waals surface area contributed by atoms with Crippen molar-refractivity contribution in [1.29, 1.82) is 0 Å². The number of aromatic nitrogens is 1. The number of carbonyl (C=O) groups excluding carboxylic acids is 1. The summed E-state index contributed by atoms with van der Waals surface area (Å²) in [6.45, 7) is 1.82. The molecule has 0 saturated carbocycles. The molecule has 0 radical (unpaired) electrons. The topological polar surface area (TPSA) is 36.4 Å². The lowest BCUT2D eigenvalue weighted by molar-refractivity contribution is -0.135. The van der Waals surface area contributed by atoms with Crippen molar-refractivity contribution in [3.8, 4) is 0 Å². The van der Waals surface area contributed by atoms with Crippen molar-refractivity contribution in [1.82, 2.24) is 14.8 Å². The number of rotatable bonds is 4. The van der Waals surface area contributed by atoms with Crippen molar-refractivity contribution in [2.24, 2.45) is 0 Å². The van der Waals surface area contributed by atoms with E-state index in [-0.39, 0.29) is 11.9 Å². The van der Waals surface area contributed by atoms with Gasteiger partial charge in [-0.05, 0) is 37.1 Å². The highest BCUT2D eigenvalue weighted by Crippen LogP contribution is 2.36. The van der Waals surface area contributed by atoms with Gasteiger partial charge in [-0.2, -0.15) is 0 Å². The zero-order valence-electron chi connectivity index (χ0n) is 15.8. The Kier molecular flexibility index (Phi) is 5.23. The second-order valence-electron chi connectivity index (χ2n) is 7.40. The fourth-order valence-electron chi connectivity index (χ4n) is 3.90. The summed E-state index contributed by atoms with van der Waals surface area (Å²) in [5, 5.41) is 1.20. The molecule has 27 heavy (non-hydrogen) atoms. The van der Waals surface area contributed by atoms with Crippen LogP contribution in [0.2, 0.25) is 0 Å². The quantitative estimate of drug-likeness (QED) is 0.678. The average molecular weight is 380 g/mol. The maximum Gasteiger partial charge on any atom is 0.244 e. The molecular formula is C22H25N3OS.